The van der Waals surface area contributed by atoms with Crippen molar-refractivity contribution in [2.24, 2.45) is 0 Å². The molecular weight excluding hydrogens is 346 g/mol. The molecule has 3 rings (SSSR count). The van der Waals surface area contributed by atoms with E-state index in [0.29, 0.717) is 44.5 Å². The number of nitrogens with zero attached hydrogens (tertiary/aromatic N) is 2. The van der Waals surface area contributed by atoms with Crippen molar-refractivity contribution >= 4 is 23.5 Å². The number of benzene rings is 1. The van der Waals surface area contributed by atoms with Crippen molar-refractivity contribution in [1.82, 2.24) is 20.4 Å². The van der Waals surface area contributed by atoms with E-state index in [2.05, 4.69) is 20.9 Å². The molecule has 8 heteroatoms. The van der Waals surface area contributed by atoms with E-state index in [9.17, 15) is 14.4 Å². The van der Waals surface area contributed by atoms with Crippen molar-refractivity contribution in [2.75, 3.05) is 38.0 Å². The molecule has 146 valence electrons. The lowest BCUT2D eigenvalue weighted by molar-refractivity contribution is -0.134. The van der Waals surface area contributed by atoms with Crippen LogP contribution in [0.3, 0.4) is 0 Å². The molecule has 0 radical (unpaired) electrons. The molecule has 3 N–H and O–H groups in total. The fraction of sp³-hybridized carbons (Fsp3) is 0.526. The highest BCUT2D eigenvalue weighted by Gasteiger charge is 2.28. The molecule has 0 unspecified atom stereocenters. The monoisotopic (exact) mass is 373 g/mol. The Labute approximate surface area is 159 Å². The SMILES string of the molecule is C[C@H](NC(=O)Nc1ccccc1)C(=O)N1CCN(CC(=O)NC2CC2)CC1. The van der Waals surface area contributed by atoms with Gasteiger partial charge in [-0.25, -0.2) is 4.79 Å². The van der Waals surface area contributed by atoms with Crippen LogP contribution in [0.25, 0.3) is 0 Å². The van der Waals surface area contributed by atoms with Crippen molar-refractivity contribution in [2.45, 2.75) is 31.8 Å². The minimum absolute atomic E-state index is 0.0601. The van der Waals surface area contributed by atoms with Gasteiger partial charge in [0.25, 0.3) is 0 Å². The smallest absolute Gasteiger partial charge is 0.319 e. The zero-order valence-corrected chi connectivity index (χ0v) is 15.6. The number of amides is 4. The second-order valence-corrected chi connectivity index (χ2v) is 7.13. The number of hydrogen-bond donors (Lipinski definition) is 3. The number of carbonyl (C=O) groups is 3. The minimum atomic E-state index is -0.613. The average Bonchev–Trinajstić information content (AvgIpc) is 3.46. The van der Waals surface area contributed by atoms with Gasteiger partial charge in [0.2, 0.25) is 11.8 Å². The van der Waals surface area contributed by atoms with Crippen molar-refractivity contribution in [3.8, 4) is 0 Å². The Kier molecular flexibility index (Phi) is 6.28. The first-order valence-electron chi connectivity index (χ1n) is 9.44. The third-order valence-electron chi connectivity index (χ3n) is 4.74. The number of hydrogen-bond acceptors (Lipinski definition) is 4. The van der Waals surface area contributed by atoms with E-state index in [4.69, 9.17) is 0 Å². The summed E-state index contributed by atoms with van der Waals surface area (Å²) in [5.41, 5.74) is 0.674. The van der Waals surface area contributed by atoms with Gasteiger partial charge in [-0.15, -0.1) is 0 Å². The van der Waals surface area contributed by atoms with Crippen molar-refractivity contribution in [1.29, 1.82) is 0 Å². The first kappa shape index (κ1) is 19.2. The van der Waals surface area contributed by atoms with Gasteiger partial charge in [-0.05, 0) is 31.9 Å². The molecule has 1 saturated carbocycles. The van der Waals surface area contributed by atoms with Gasteiger partial charge in [0.1, 0.15) is 6.04 Å². The molecule has 2 aliphatic rings. The highest BCUT2D eigenvalue weighted by molar-refractivity contribution is 5.93. The van der Waals surface area contributed by atoms with E-state index < -0.39 is 12.1 Å². The van der Waals surface area contributed by atoms with Crippen molar-refractivity contribution < 1.29 is 14.4 Å². The van der Waals surface area contributed by atoms with Crippen LogP contribution in [0, 0.1) is 0 Å². The molecule has 2 fully saturated rings. The minimum Gasteiger partial charge on any atom is -0.352 e. The van der Waals surface area contributed by atoms with Crippen LogP contribution in [0.5, 0.6) is 0 Å². The molecule has 1 aliphatic heterocycles. The molecule has 8 nitrogen and oxygen atoms in total. The van der Waals surface area contributed by atoms with Crippen molar-refractivity contribution in [3.63, 3.8) is 0 Å². The Bertz CT molecular complexity index is 669. The first-order valence-corrected chi connectivity index (χ1v) is 9.44. The molecule has 1 saturated heterocycles. The highest BCUT2D eigenvalue weighted by atomic mass is 16.2. The average molecular weight is 373 g/mol. The van der Waals surface area contributed by atoms with Crippen LogP contribution in [-0.4, -0.2) is 72.5 Å². The van der Waals surface area contributed by atoms with Crippen LogP contribution in [0.15, 0.2) is 30.3 Å². The maximum atomic E-state index is 12.6. The summed E-state index contributed by atoms with van der Waals surface area (Å²) in [7, 11) is 0. The highest BCUT2D eigenvalue weighted by Crippen LogP contribution is 2.18. The van der Waals surface area contributed by atoms with E-state index >= 15 is 0 Å². The van der Waals surface area contributed by atoms with E-state index in [-0.39, 0.29) is 11.8 Å². The zero-order chi connectivity index (χ0) is 19.2. The maximum Gasteiger partial charge on any atom is 0.319 e. The van der Waals surface area contributed by atoms with Crippen LogP contribution >= 0.6 is 0 Å². The first-order chi connectivity index (χ1) is 13.0. The largest absolute Gasteiger partial charge is 0.352 e. The summed E-state index contributed by atoms with van der Waals surface area (Å²) in [5, 5.41) is 8.36. The topological polar surface area (TPSA) is 93.8 Å². The number of anilines is 1. The number of piperazine rings is 1. The molecule has 1 aliphatic carbocycles. The Morgan fingerprint density at radius 3 is 2.37 bits per heavy atom. The molecule has 0 bridgehead atoms. The Balaban J connectivity index is 1.38. The van der Waals surface area contributed by atoms with E-state index in [1.807, 2.05) is 18.2 Å². The van der Waals surface area contributed by atoms with E-state index in [1.165, 1.54) is 0 Å². The Morgan fingerprint density at radius 1 is 1.07 bits per heavy atom. The van der Waals surface area contributed by atoms with Gasteiger partial charge in [0.05, 0.1) is 6.54 Å². The standard InChI is InChI=1S/C19H27N5O3/c1-14(20-19(27)22-15-5-3-2-4-6-15)18(26)24-11-9-23(10-12-24)13-17(25)21-16-7-8-16/h2-6,14,16H,7-13H2,1H3,(H,21,25)(H2,20,22,27)/t14-/m0/s1. The molecule has 27 heavy (non-hydrogen) atoms. The molecule has 0 spiro atoms. The molecule has 1 aromatic carbocycles. The second kappa shape index (κ2) is 8.85. The summed E-state index contributed by atoms with van der Waals surface area (Å²) in [5.74, 6) is -0.0508. The maximum absolute atomic E-state index is 12.6. The van der Waals surface area contributed by atoms with Crippen LogP contribution in [0.4, 0.5) is 10.5 Å². The summed E-state index contributed by atoms with van der Waals surface area (Å²) < 4.78 is 0. The van der Waals surface area contributed by atoms with Gasteiger partial charge in [-0.1, -0.05) is 18.2 Å². The van der Waals surface area contributed by atoms with E-state index in [0.717, 1.165) is 12.8 Å². The summed E-state index contributed by atoms with van der Waals surface area (Å²) >= 11 is 0. The number of rotatable bonds is 6. The lowest BCUT2D eigenvalue weighted by Gasteiger charge is -2.35. The number of carbonyl (C=O) groups excluding carboxylic acids is 3. The quantitative estimate of drug-likeness (QED) is 0.681. The normalized spacial score (nSPS) is 18.5. The summed E-state index contributed by atoms with van der Waals surface area (Å²) in [6, 6.07) is 8.44. The summed E-state index contributed by atoms with van der Waals surface area (Å²) in [6.45, 7) is 4.50. The van der Waals surface area contributed by atoms with Crippen LogP contribution < -0.4 is 16.0 Å². The fourth-order valence-electron chi connectivity index (χ4n) is 3.05. The number of urea groups is 1. The molecule has 1 aromatic rings. The predicted molar refractivity (Wildman–Crippen MR) is 102 cm³/mol. The number of para-hydroxylation sites is 1. The van der Waals surface area contributed by atoms with Gasteiger partial charge >= 0.3 is 6.03 Å². The third-order valence-corrected chi connectivity index (χ3v) is 4.74. The van der Waals surface area contributed by atoms with Crippen LogP contribution in [-0.2, 0) is 9.59 Å². The van der Waals surface area contributed by atoms with Gasteiger partial charge in [0.15, 0.2) is 0 Å². The van der Waals surface area contributed by atoms with Crippen molar-refractivity contribution in [3.05, 3.63) is 30.3 Å². The lowest BCUT2D eigenvalue weighted by atomic mass is 10.2. The summed E-state index contributed by atoms with van der Waals surface area (Å²) in [4.78, 5) is 40.3. The van der Waals surface area contributed by atoms with Gasteiger partial charge in [-0.3, -0.25) is 14.5 Å². The molecule has 0 aromatic heterocycles. The van der Waals surface area contributed by atoms with Gasteiger partial charge in [0, 0.05) is 37.9 Å². The number of nitrogens with one attached hydrogen (secondary N) is 3. The second-order valence-electron chi connectivity index (χ2n) is 7.13. The zero-order valence-electron chi connectivity index (χ0n) is 15.6. The third kappa shape index (κ3) is 5.96. The van der Waals surface area contributed by atoms with Gasteiger partial charge in [-0.2, -0.15) is 0 Å². The molecule has 1 atom stereocenters. The van der Waals surface area contributed by atoms with E-state index in [1.54, 1.807) is 24.0 Å². The van der Waals surface area contributed by atoms with Gasteiger partial charge < -0.3 is 20.9 Å². The molecule has 1 heterocycles. The predicted octanol–water partition coefficient (Wildman–Crippen LogP) is 0.619. The Morgan fingerprint density at radius 2 is 1.74 bits per heavy atom. The molecule has 4 amide bonds. The van der Waals surface area contributed by atoms with Crippen LogP contribution in [0.1, 0.15) is 19.8 Å². The summed E-state index contributed by atoms with van der Waals surface area (Å²) in [6.07, 6.45) is 2.16. The lowest BCUT2D eigenvalue weighted by Crippen LogP contribution is -2.55. The Hall–Kier alpha value is -2.61. The van der Waals surface area contributed by atoms with Crippen LogP contribution in [0.2, 0.25) is 0 Å². The fourth-order valence-corrected chi connectivity index (χ4v) is 3.05. The molecular formula is C19H27N5O3.